The van der Waals surface area contributed by atoms with Gasteiger partial charge in [-0.05, 0) is 40.8 Å². The van der Waals surface area contributed by atoms with Crippen LogP contribution in [0.5, 0.6) is 0 Å². The standard InChI is InChI=1S/C9H11BrClNO3S2/c10-9-7(11)3-8(16-9)17(14,15)12-4-5-1-6(13)2-5/h3,5-6,12-13H,1-2,4H2. The molecule has 96 valence electrons. The van der Waals surface area contributed by atoms with Gasteiger partial charge in [-0.1, -0.05) is 11.6 Å². The Labute approximate surface area is 117 Å². The average molecular weight is 361 g/mol. The predicted octanol–water partition coefficient (Wildman–Crippen LogP) is 2.21. The molecule has 0 amide bonds. The molecule has 1 aromatic heterocycles. The van der Waals surface area contributed by atoms with Crippen LogP contribution in [0.25, 0.3) is 0 Å². The average Bonchev–Trinajstić information content (AvgIpc) is 2.53. The van der Waals surface area contributed by atoms with Crippen molar-refractivity contribution in [1.82, 2.24) is 4.72 Å². The van der Waals surface area contributed by atoms with E-state index in [1.165, 1.54) is 6.07 Å². The van der Waals surface area contributed by atoms with Crippen LogP contribution in [0.4, 0.5) is 0 Å². The molecule has 0 bridgehead atoms. The molecule has 2 N–H and O–H groups in total. The Morgan fingerprint density at radius 2 is 2.24 bits per heavy atom. The molecule has 0 unspecified atom stereocenters. The molecular formula is C9H11BrClNO3S2. The van der Waals surface area contributed by atoms with E-state index in [0.717, 1.165) is 11.3 Å². The molecule has 1 heterocycles. The van der Waals surface area contributed by atoms with Crippen molar-refractivity contribution in [3.63, 3.8) is 0 Å². The first kappa shape index (κ1) is 13.8. The van der Waals surface area contributed by atoms with Gasteiger partial charge in [-0.25, -0.2) is 13.1 Å². The Kier molecular flexibility index (Phi) is 4.16. The molecular weight excluding hydrogens is 350 g/mol. The molecule has 0 radical (unpaired) electrons. The Balaban J connectivity index is 1.99. The molecule has 1 aliphatic rings. The zero-order valence-electron chi connectivity index (χ0n) is 8.69. The van der Waals surface area contributed by atoms with Gasteiger partial charge in [0.15, 0.2) is 0 Å². The highest BCUT2D eigenvalue weighted by atomic mass is 79.9. The molecule has 0 saturated heterocycles. The minimum absolute atomic E-state index is 0.203. The van der Waals surface area contributed by atoms with Gasteiger partial charge in [0.05, 0.1) is 14.9 Å². The Morgan fingerprint density at radius 1 is 1.59 bits per heavy atom. The quantitative estimate of drug-likeness (QED) is 0.865. The van der Waals surface area contributed by atoms with Crippen LogP contribution in [-0.2, 0) is 10.0 Å². The molecule has 1 saturated carbocycles. The number of aliphatic hydroxyl groups is 1. The number of halogens is 2. The van der Waals surface area contributed by atoms with E-state index in [0.29, 0.717) is 28.2 Å². The zero-order chi connectivity index (χ0) is 12.6. The van der Waals surface area contributed by atoms with E-state index in [1.54, 1.807) is 0 Å². The lowest BCUT2D eigenvalue weighted by atomic mass is 9.83. The van der Waals surface area contributed by atoms with E-state index in [2.05, 4.69) is 20.7 Å². The lowest BCUT2D eigenvalue weighted by Gasteiger charge is -2.31. The second-order valence-corrected chi connectivity index (χ2v) is 8.80. The summed E-state index contributed by atoms with van der Waals surface area (Å²) in [5.74, 6) is 0.235. The zero-order valence-corrected chi connectivity index (χ0v) is 12.7. The van der Waals surface area contributed by atoms with Crippen molar-refractivity contribution < 1.29 is 13.5 Å². The van der Waals surface area contributed by atoms with E-state index in [-0.39, 0.29) is 16.2 Å². The van der Waals surface area contributed by atoms with Crippen molar-refractivity contribution in [1.29, 1.82) is 0 Å². The highest BCUT2D eigenvalue weighted by Gasteiger charge is 2.29. The van der Waals surface area contributed by atoms with Gasteiger partial charge in [-0.3, -0.25) is 0 Å². The molecule has 0 aliphatic heterocycles. The lowest BCUT2D eigenvalue weighted by molar-refractivity contribution is 0.0453. The van der Waals surface area contributed by atoms with Crippen LogP contribution in [0, 0.1) is 5.92 Å². The maximum absolute atomic E-state index is 11.9. The summed E-state index contributed by atoms with van der Waals surface area (Å²) in [6.07, 6.45) is 1.06. The van der Waals surface area contributed by atoms with Gasteiger partial charge in [0.25, 0.3) is 0 Å². The van der Waals surface area contributed by atoms with Gasteiger partial charge >= 0.3 is 0 Å². The molecule has 0 spiro atoms. The fourth-order valence-corrected chi connectivity index (χ4v) is 5.18. The SMILES string of the molecule is O=S(=O)(NCC1CC(O)C1)c1cc(Cl)c(Br)s1. The van der Waals surface area contributed by atoms with E-state index in [1.807, 2.05) is 0 Å². The van der Waals surface area contributed by atoms with E-state index in [9.17, 15) is 8.42 Å². The first-order valence-electron chi connectivity index (χ1n) is 5.01. The fraction of sp³-hybridized carbons (Fsp3) is 0.556. The van der Waals surface area contributed by atoms with Gasteiger partial charge in [0.2, 0.25) is 10.0 Å². The third-order valence-electron chi connectivity index (χ3n) is 2.66. The van der Waals surface area contributed by atoms with Crippen LogP contribution in [0.2, 0.25) is 5.02 Å². The van der Waals surface area contributed by atoms with Gasteiger partial charge in [-0.15, -0.1) is 11.3 Å². The molecule has 1 fully saturated rings. The van der Waals surface area contributed by atoms with Crippen LogP contribution in [0.15, 0.2) is 14.1 Å². The summed E-state index contributed by atoms with van der Waals surface area (Å²) < 4.78 is 27.1. The fourth-order valence-electron chi connectivity index (χ4n) is 1.63. The minimum atomic E-state index is -3.48. The van der Waals surface area contributed by atoms with Crippen molar-refractivity contribution in [3.05, 3.63) is 14.9 Å². The Bertz CT molecular complexity index is 491. The number of nitrogens with one attached hydrogen (secondary N) is 1. The topological polar surface area (TPSA) is 66.4 Å². The first-order valence-corrected chi connectivity index (χ1v) is 8.48. The highest BCUT2D eigenvalue weighted by molar-refractivity contribution is 9.11. The second-order valence-electron chi connectivity index (χ2n) is 4.03. The van der Waals surface area contributed by atoms with Gasteiger partial charge in [0.1, 0.15) is 4.21 Å². The number of sulfonamides is 1. The minimum Gasteiger partial charge on any atom is -0.393 e. The molecule has 0 aromatic carbocycles. The molecule has 8 heteroatoms. The number of thiophene rings is 1. The Morgan fingerprint density at radius 3 is 2.71 bits per heavy atom. The molecule has 0 atom stereocenters. The summed E-state index contributed by atoms with van der Waals surface area (Å²) in [4.78, 5) is 0. The van der Waals surface area contributed by atoms with Crippen molar-refractivity contribution in [2.45, 2.75) is 23.2 Å². The van der Waals surface area contributed by atoms with Crippen molar-refractivity contribution in [2.24, 2.45) is 5.92 Å². The van der Waals surface area contributed by atoms with Crippen LogP contribution >= 0.6 is 38.9 Å². The van der Waals surface area contributed by atoms with Crippen molar-refractivity contribution in [3.8, 4) is 0 Å². The molecule has 2 rings (SSSR count). The number of hydrogen-bond donors (Lipinski definition) is 2. The lowest BCUT2D eigenvalue weighted by Crippen LogP contribution is -2.38. The monoisotopic (exact) mass is 359 g/mol. The van der Waals surface area contributed by atoms with Crippen LogP contribution in [-0.4, -0.2) is 26.2 Å². The first-order chi connectivity index (χ1) is 7.88. The van der Waals surface area contributed by atoms with E-state index < -0.39 is 10.0 Å². The van der Waals surface area contributed by atoms with E-state index >= 15 is 0 Å². The van der Waals surface area contributed by atoms with Crippen LogP contribution < -0.4 is 4.72 Å². The number of aliphatic hydroxyl groups excluding tert-OH is 1. The van der Waals surface area contributed by atoms with Gasteiger partial charge in [-0.2, -0.15) is 0 Å². The van der Waals surface area contributed by atoms with Crippen LogP contribution in [0.3, 0.4) is 0 Å². The second kappa shape index (κ2) is 5.14. The highest BCUT2D eigenvalue weighted by Crippen LogP contribution is 2.34. The molecule has 1 aromatic rings. The van der Waals surface area contributed by atoms with Gasteiger partial charge < -0.3 is 5.11 Å². The summed E-state index contributed by atoms with van der Waals surface area (Å²) in [5.41, 5.74) is 0. The normalized spacial score (nSPS) is 24.6. The maximum atomic E-state index is 11.9. The Hall–Kier alpha value is 0.340. The largest absolute Gasteiger partial charge is 0.393 e. The van der Waals surface area contributed by atoms with Gasteiger partial charge in [0, 0.05) is 6.54 Å². The summed E-state index contributed by atoms with van der Waals surface area (Å²) in [7, 11) is -3.48. The molecule has 17 heavy (non-hydrogen) atoms. The molecule has 4 nitrogen and oxygen atoms in total. The van der Waals surface area contributed by atoms with Crippen molar-refractivity contribution >= 4 is 48.9 Å². The van der Waals surface area contributed by atoms with Crippen LogP contribution in [0.1, 0.15) is 12.8 Å². The number of rotatable bonds is 4. The smallest absolute Gasteiger partial charge is 0.250 e. The van der Waals surface area contributed by atoms with Crippen molar-refractivity contribution in [2.75, 3.05) is 6.54 Å². The molecule has 1 aliphatic carbocycles. The summed E-state index contributed by atoms with van der Waals surface area (Å²) >= 11 is 10.1. The summed E-state index contributed by atoms with van der Waals surface area (Å²) in [6.45, 7) is 0.368. The third-order valence-corrected chi connectivity index (χ3v) is 7.03. The number of hydrogen-bond acceptors (Lipinski definition) is 4. The van der Waals surface area contributed by atoms with E-state index in [4.69, 9.17) is 16.7 Å². The summed E-state index contributed by atoms with van der Waals surface area (Å²) in [6, 6.07) is 1.42. The summed E-state index contributed by atoms with van der Waals surface area (Å²) in [5, 5.41) is 9.50. The predicted molar refractivity (Wildman–Crippen MR) is 70.9 cm³/mol. The maximum Gasteiger partial charge on any atom is 0.250 e. The third kappa shape index (κ3) is 3.21.